The van der Waals surface area contributed by atoms with Crippen LogP contribution in [0, 0.1) is 11.7 Å². The molecule has 3 aromatic carbocycles. The summed E-state index contributed by atoms with van der Waals surface area (Å²) in [6.45, 7) is 2.03. The molecular weight excluding hydrogens is 481 g/mol. The minimum Gasteiger partial charge on any atom is -0.332 e. The number of aryl methyl sites for hydroxylation is 1. The normalized spacial score (nSPS) is 10.6. The summed E-state index contributed by atoms with van der Waals surface area (Å²) in [5.74, 6) is 0.874. The molecule has 0 saturated heterocycles. The first-order chi connectivity index (χ1) is 15.4. The van der Waals surface area contributed by atoms with Crippen molar-refractivity contribution < 1.29 is 0 Å². The van der Waals surface area contributed by atoms with E-state index in [0.29, 0.717) is 31.7 Å². The molecule has 5 nitrogen and oxygen atoms in total. The molecule has 1 heterocycles. The van der Waals surface area contributed by atoms with Crippen molar-refractivity contribution >= 4 is 64.4 Å². The van der Waals surface area contributed by atoms with Crippen molar-refractivity contribution in [2.75, 3.05) is 10.6 Å². The van der Waals surface area contributed by atoms with Gasteiger partial charge in [0.2, 0.25) is 10.7 Å². The summed E-state index contributed by atoms with van der Waals surface area (Å²) >= 11 is 23.2. The Bertz CT molecular complexity index is 1320. The van der Waals surface area contributed by atoms with Gasteiger partial charge in [-0.2, -0.15) is 9.97 Å². The summed E-state index contributed by atoms with van der Waals surface area (Å²) in [6.07, 6.45) is 0. The van der Waals surface area contributed by atoms with E-state index in [2.05, 4.69) is 15.6 Å². The summed E-state index contributed by atoms with van der Waals surface area (Å²) in [6, 6.07) is 22.4. The number of nitrogens with zero attached hydrogens (tertiary/aromatic N) is 3. The molecule has 32 heavy (non-hydrogen) atoms. The molecule has 0 aliphatic carbocycles. The Morgan fingerprint density at radius 3 is 2.03 bits per heavy atom. The molecule has 4 rings (SSSR count). The van der Waals surface area contributed by atoms with Crippen LogP contribution >= 0.6 is 47.6 Å². The van der Waals surface area contributed by atoms with Gasteiger partial charge in [-0.05, 0) is 92.0 Å². The zero-order valence-corrected chi connectivity index (χ0v) is 20.0. The number of halogens is 2. The van der Waals surface area contributed by atoms with E-state index in [1.165, 1.54) is 0 Å². The van der Waals surface area contributed by atoms with Crippen molar-refractivity contribution in [2.45, 2.75) is 6.92 Å². The molecule has 0 aliphatic heterocycles. The van der Waals surface area contributed by atoms with Crippen molar-refractivity contribution in [1.82, 2.24) is 14.5 Å². The Morgan fingerprint density at radius 2 is 1.41 bits per heavy atom. The van der Waals surface area contributed by atoms with E-state index in [1.807, 2.05) is 55.5 Å². The average Bonchev–Trinajstić information content (AvgIpc) is 2.76. The highest BCUT2D eigenvalue weighted by molar-refractivity contribution is 7.80. The molecule has 0 aliphatic rings. The summed E-state index contributed by atoms with van der Waals surface area (Å²) in [5, 5.41) is 7.93. The smallest absolute Gasteiger partial charge is 0.218 e. The van der Waals surface area contributed by atoms with E-state index in [4.69, 9.17) is 52.6 Å². The molecule has 9 heteroatoms. The highest BCUT2D eigenvalue weighted by atomic mass is 35.5. The van der Waals surface area contributed by atoms with E-state index in [-0.39, 0.29) is 0 Å². The fourth-order valence-electron chi connectivity index (χ4n) is 2.94. The second-order valence-electron chi connectivity index (χ2n) is 6.92. The molecule has 0 bridgehead atoms. The first-order valence-corrected chi connectivity index (χ1v) is 11.1. The maximum absolute atomic E-state index is 6.06. The van der Waals surface area contributed by atoms with Gasteiger partial charge in [0.05, 0.1) is 5.69 Å². The summed E-state index contributed by atoms with van der Waals surface area (Å²) in [5.41, 5.74) is 3.55. The van der Waals surface area contributed by atoms with Crippen molar-refractivity contribution in [3.8, 4) is 17.1 Å². The molecule has 0 atom stereocenters. The van der Waals surface area contributed by atoms with Gasteiger partial charge >= 0.3 is 0 Å². The quantitative estimate of drug-likeness (QED) is 0.293. The molecular formula is C23H17Cl2N5S2. The van der Waals surface area contributed by atoms with Gasteiger partial charge < -0.3 is 10.6 Å². The molecule has 0 amide bonds. The zero-order valence-electron chi connectivity index (χ0n) is 16.8. The standard InChI is InChI=1S/C23H17Cl2N5S2/c1-14-2-10-18(11-3-14)26-22(31)29-21-27-20(15-4-6-16(24)7-5-15)28-23(32)30(21)19-12-8-17(25)9-13-19/h2-13H,1H3,(H2,26,27,28,29,31,32). The van der Waals surface area contributed by atoms with Crippen molar-refractivity contribution in [1.29, 1.82) is 0 Å². The third kappa shape index (κ3) is 5.31. The minimum atomic E-state index is 0.313. The Kier molecular flexibility index (Phi) is 6.81. The van der Waals surface area contributed by atoms with Gasteiger partial charge in [0, 0.05) is 21.3 Å². The number of hydrogen-bond donors (Lipinski definition) is 2. The van der Waals surface area contributed by atoms with Crippen LogP contribution in [0.25, 0.3) is 17.1 Å². The van der Waals surface area contributed by atoms with Gasteiger partial charge in [0.1, 0.15) is 0 Å². The van der Waals surface area contributed by atoms with Gasteiger partial charge in [-0.25, -0.2) is 0 Å². The second-order valence-corrected chi connectivity index (χ2v) is 8.56. The second kappa shape index (κ2) is 9.75. The van der Waals surface area contributed by atoms with Gasteiger partial charge in [-0.15, -0.1) is 0 Å². The van der Waals surface area contributed by atoms with Crippen LogP contribution in [0.4, 0.5) is 11.6 Å². The molecule has 0 saturated carbocycles. The van der Waals surface area contributed by atoms with E-state index in [9.17, 15) is 0 Å². The number of benzene rings is 3. The van der Waals surface area contributed by atoms with Crippen molar-refractivity contribution in [3.63, 3.8) is 0 Å². The monoisotopic (exact) mass is 497 g/mol. The Labute approximate surface area is 206 Å². The highest BCUT2D eigenvalue weighted by Crippen LogP contribution is 2.23. The number of rotatable bonds is 4. The fraction of sp³-hybridized carbons (Fsp3) is 0.0435. The molecule has 0 fully saturated rings. The van der Waals surface area contributed by atoms with Gasteiger partial charge in [0.25, 0.3) is 0 Å². The lowest BCUT2D eigenvalue weighted by atomic mass is 10.2. The number of hydrogen-bond acceptors (Lipinski definition) is 4. The van der Waals surface area contributed by atoms with Crippen LogP contribution in [0.2, 0.25) is 10.0 Å². The molecule has 2 N–H and O–H groups in total. The molecule has 0 radical (unpaired) electrons. The number of nitrogens with one attached hydrogen (secondary N) is 2. The highest BCUT2D eigenvalue weighted by Gasteiger charge is 2.13. The average molecular weight is 498 g/mol. The van der Waals surface area contributed by atoms with Crippen LogP contribution in [-0.2, 0) is 0 Å². The topological polar surface area (TPSA) is 54.8 Å². The van der Waals surface area contributed by atoms with Gasteiger partial charge in [-0.3, -0.25) is 4.57 Å². The lowest BCUT2D eigenvalue weighted by Crippen LogP contribution is -2.23. The Hall–Kier alpha value is -2.84. The molecule has 0 spiro atoms. The number of thiocarbonyl (C=S) groups is 1. The predicted octanol–water partition coefficient (Wildman–Crippen LogP) is 7.09. The summed E-state index contributed by atoms with van der Waals surface area (Å²) in [7, 11) is 0. The molecule has 160 valence electrons. The first-order valence-electron chi connectivity index (χ1n) is 9.57. The maximum atomic E-state index is 6.06. The summed E-state index contributed by atoms with van der Waals surface area (Å²) < 4.78 is 2.02. The number of aromatic nitrogens is 3. The largest absolute Gasteiger partial charge is 0.332 e. The first kappa shape index (κ1) is 22.4. The van der Waals surface area contributed by atoms with E-state index in [0.717, 1.165) is 22.5 Å². The van der Waals surface area contributed by atoms with Gasteiger partial charge in [-0.1, -0.05) is 40.9 Å². The van der Waals surface area contributed by atoms with Crippen LogP contribution in [-0.4, -0.2) is 19.6 Å². The third-order valence-corrected chi connectivity index (χ3v) is 5.52. The lowest BCUT2D eigenvalue weighted by Gasteiger charge is -2.17. The maximum Gasteiger partial charge on any atom is 0.218 e. The Balaban J connectivity index is 1.74. The van der Waals surface area contributed by atoms with Crippen LogP contribution in [0.1, 0.15) is 5.56 Å². The Morgan fingerprint density at radius 1 is 0.812 bits per heavy atom. The minimum absolute atomic E-state index is 0.313. The van der Waals surface area contributed by atoms with Crippen LogP contribution < -0.4 is 10.6 Å². The van der Waals surface area contributed by atoms with Crippen molar-refractivity contribution in [3.05, 3.63) is 93.2 Å². The SMILES string of the molecule is Cc1ccc(NC(=S)Nc2nc(-c3ccc(Cl)cc3)nc(=S)n2-c2ccc(Cl)cc2)cc1. The van der Waals surface area contributed by atoms with Crippen LogP contribution in [0.15, 0.2) is 72.8 Å². The molecule has 0 unspecified atom stereocenters. The van der Waals surface area contributed by atoms with E-state index >= 15 is 0 Å². The van der Waals surface area contributed by atoms with Crippen LogP contribution in [0.3, 0.4) is 0 Å². The predicted molar refractivity (Wildman–Crippen MR) is 139 cm³/mol. The van der Waals surface area contributed by atoms with Crippen molar-refractivity contribution in [2.24, 2.45) is 0 Å². The third-order valence-electron chi connectivity index (χ3n) is 4.54. The van der Waals surface area contributed by atoms with E-state index < -0.39 is 0 Å². The number of anilines is 2. The lowest BCUT2D eigenvalue weighted by molar-refractivity contribution is 0.915. The molecule has 1 aromatic heterocycles. The van der Waals surface area contributed by atoms with Gasteiger partial charge in [0.15, 0.2) is 10.9 Å². The molecule has 4 aromatic rings. The fourth-order valence-corrected chi connectivity index (χ4v) is 3.68. The van der Waals surface area contributed by atoms with E-state index in [1.54, 1.807) is 28.8 Å². The van der Waals surface area contributed by atoms with Crippen LogP contribution in [0.5, 0.6) is 0 Å². The summed E-state index contributed by atoms with van der Waals surface area (Å²) in [4.78, 5) is 9.22. The zero-order chi connectivity index (χ0) is 22.7.